The summed E-state index contributed by atoms with van der Waals surface area (Å²) in [5, 5.41) is 10.9. The molecule has 0 saturated carbocycles. The van der Waals surface area contributed by atoms with Crippen molar-refractivity contribution in [2.45, 2.75) is 79.8 Å². The van der Waals surface area contributed by atoms with Gasteiger partial charge in [0.15, 0.2) is 0 Å². The maximum absolute atomic E-state index is 10.9. The highest BCUT2D eigenvalue weighted by Crippen LogP contribution is 2.46. The zero-order chi connectivity index (χ0) is 20.1. The second kappa shape index (κ2) is 14.2. The van der Waals surface area contributed by atoms with Gasteiger partial charge in [-0.3, -0.25) is 10.1 Å². The minimum absolute atomic E-state index is 0.0691. The monoisotopic (exact) mass is 471 g/mol. The Balaban J connectivity index is 2.24. The molecule has 1 rings (SSSR count). The lowest BCUT2D eigenvalue weighted by atomic mass is 10.1. The van der Waals surface area contributed by atoms with Crippen LogP contribution in [0, 0.1) is 10.1 Å². The fourth-order valence-corrected chi connectivity index (χ4v) is 5.69. The summed E-state index contributed by atoms with van der Waals surface area (Å²) in [5.74, 6) is 1.01. The molecule has 0 aliphatic rings. The lowest BCUT2D eigenvalue weighted by Gasteiger charge is -2.15. The summed E-state index contributed by atoms with van der Waals surface area (Å²) in [7, 11) is 3.21. The van der Waals surface area contributed by atoms with Crippen LogP contribution in [-0.4, -0.2) is 10.7 Å². The van der Waals surface area contributed by atoms with E-state index in [0.717, 1.165) is 17.1 Å². The number of alkyl halides is 3. The molecule has 154 valence electrons. The molecule has 0 spiro atoms. The molecule has 0 saturated heterocycles. The fourth-order valence-electron chi connectivity index (χ4n) is 2.68. The lowest BCUT2D eigenvalue weighted by molar-refractivity contribution is -0.385. The van der Waals surface area contributed by atoms with Gasteiger partial charge >= 0.3 is 0 Å². The molecule has 1 aromatic carbocycles. The van der Waals surface area contributed by atoms with E-state index in [1.54, 1.807) is 16.9 Å². The second-order valence-electron chi connectivity index (χ2n) is 6.52. The highest BCUT2D eigenvalue weighted by molar-refractivity contribution is 8.76. The molecule has 0 amide bonds. The number of nitrogens with zero attached hydrogens (tertiary/aromatic N) is 1. The van der Waals surface area contributed by atoms with Crippen molar-refractivity contribution < 1.29 is 4.92 Å². The van der Waals surface area contributed by atoms with Crippen LogP contribution in [0.15, 0.2) is 23.1 Å². The summed E-state index contributed by atoms with van der Waals surface area (Å²) < 4.78 is -1.67. The zero-order valence-electron chi connectivity index (χ0n) is 15.7. The first-order valence-electron chi connectivity index (χ1n) is 9.51. The Labute approximate surface area is 185 Å². The van der Waals surface area contributed by atoms with E-state index in [0.29, 0.717) is 5.56 Å². The summed E-state index contributed by atoms with van der Waals surface area (Å²) in [6.07, 6.45) is 13.1. The summed E-state index contributed by atoms with van der Waals surface area (Å²) in [6.45, 7) is 2.25. The van der Waals surface area contributed by atoms with Gasteiger partial charge in [-0.05, 0) is 12.5 Å². The summed E-state index contributed by atoms with van der Waals surface area (Å²) in [4.78, 5) is 11.2. The number of nitro groups is 1. The number of unbranched alkanes of at least 4 members (excludes halogenated alkanes) is 9. The Hall–Kier alpha value is 0.190. The van der Waals surface area contributed by atoms with Crippen LogP contribution in [-0.2, 0) is 3.79 Å². The number of nitro benzene ring substituents is 1. The largest absolute Gasteiger partial charge is 0.269 e. The Morgan fingerprint density at radius 2 is 1.52 bits per heavy atom. The predicted octanol–water partition coefficient (Wildman–Crippen LogP) is 9.08. The van der Waals surface area contributed by atoms with Crippen molar-refractivity contribution in [1.82, 2.24) is 0 Å². The molecular weight excluding hydrogens is 445 g/mol. The van der Waals surface area contributed by atoms with E-state index < -0.39 is 8.72 Å². The fraction of sp³-hybridized carbons (Fsp3) is 0.684. The average molecular weight is 473 g/mol. The Morgan fingerprint density at radius 3 is 2.04 bits per heavy atom. The second-order valence-corrected chi connectivity index (χ2v) is 11.3. The summed E-state index contributed by atoms with van der Waals surface area (Å²) in [5.41, 5.74) is 0.294. The predicted molar refractivity (Wildman–Crippen MR) is 122 cm³/mol. The summed E-state index contributed by atoms with van der Waals surface area (Å²) >= 11 is 17.9. The molecule has 0 heterocycles. The first-order chi connectivity index (χ1) is 12.9. The molecule has 0 aliphatic heterocycles. The molecule has 0 bridgehead atoms. The maximum Gasteiger partial charge on any atom is 0.269 e. The number of non-ortho nitro benzene ring substituents is 1. The van der Waals surface area contributed by atoms with Crippen LogP contribution < -0.4 is 0 Å². The number of benzene rings is 1. The summed E-state index contributed by atoms with van der Waals surface area (Å²) in [6, 6.07) is 4.45. The Bertz CT molecular complexity index is 568. The molecular formula is C19H28Cl3NO2S2. The minimum Gasteiger partial charge on any atom is -0.258 e. The first kappa shape index (κ1) is 25.2. The van der Waals surface area contributed by atoms with Gasteiger partial charge in [-0.2, -0.15) is 0 Å². The van der Waals surface area contributed by atoms with Crippen LogP contribution in [0.5, 0.6) is 0 Å². The molecule has 0 N–H and O–H groups in total. The van der Waals surface area contributed by atoms with Crippen LogP contribution in [0.25, 0.3) is 0 Å². The van der Waals surface area contributed by atoms with Gasteiger partial charge in [0.1, 0.15) is 0 Å². The van der Waals surface area contributed by atoms with Crippen LogP contribution in [0.1, 0.15) is 76.7 Å². The van der Waals surface area contributed by atoms with Crippen LogP contribution >= 0.6 is 56.4 Å². The molecule has 27 heavy (non-hydrogen) atoms. The third-order valence-electron chi connectivity index (χ3n) is 4.21. The van der Waals surface area contributed by atoms with E-state index in [-0.39, 0.29) is 5.69 Å². The Kier molecular flexibility index (Phi) is 13.3. The van der Waals surface area contributed by atoms with E-state index >= 15 is 0 Å². The third-order valence-corrected chi connectivity index (χ3v) is 7.32. The normalized spacial score (nSPS) is 11.7. The van der Waals surface area contributed by atoms with Gasteiger partial charge in [-0.1, -0.05) is 121 Å². The van der Waals surface area contributed by atoms with E-state index in [4.69, 9.17) is 34.8 Å². The van der Waals surface area contributed by atoms with Crippen molar-refractivity contribution in [2.24, 2.45) is 0 Å². The van der Waals surface area contributed by atoms with Gasteiger partial charge in [-0.15, -0.1) is 0 Å². The smallest absolute Gasteiger partial charge is 0.258 e. The molecule has 0 unspecified atom stereocenters. The molecule has 0 aromatic heterocycles. The van der Waals surface area contributed by atoms with Crippen molar-refractivity contribution in [3.8, 4) is 0 Å². The molecule has 0 atom stereocenters. The van der Waals surface area contributed by atoms with Crippen molar-refractivity contribution in [3.05, 3.63) is 33.9 Å². The van der Waals surface area contributed by atoms with Gasteiger partial charge in [0.05, 0.1) is 4.92 Å². The first-order valence-corrected chi connectivity index (χ1v) is 13.0. The SMILES string of the molecule is CCCCCCCCCCCCSSc1ccc([N+](=O)[O-])cc1C(Cl)(Cl)Cl. The van der Waals surface area contributed by atoms with Crippen LogP contribution in [0.2, 0.25) is 0 Å². The third kappa shape index (κ3) is 11.1. The lowest BCUT2D eigenvalue weighted by Crippen LogP contribution is -2.03. The standard InChI is InChI=1S/C19H28Cl3NO2S2/c1-2-3-4-5-6-7-8-9-10-11-14-26-27-18-13-12-16(23(24)25)15-17(18)19(20,21)22/h12-13,15H,2-11,14H2,1H3. The van der Waals surface area contributed by atoms with Gasteiger partial charge in [-0.25, -0.2) is 0 Å². The highest BCUT2D eigenvalue weighted by atomic mass is 35.6. The van der Waals surface area contributed by atoms with Crippen molar-refractivity contribution >= 4 is 62.1 Å². The molecule has 1 aromatic rings. The number of hydrogen-bond acceptors (Lipinski definition) is 4. The van der Waals surface area contributed by atoms with Gasteiger partial charge in [0.2, 0.25) is 3.79 Å². The quantitative estimate of drug-likeness (QED) is 0.0889. The maximum atomic E-state index is 10.9. The number of hydrogen-bond donors (Lipinski definition) is 0. The van der Waals surface area contributed by atoms with E-state index in [1.807, 2.05) is 0 Å². The van der Waals surface area contributed by atoms with Gasteiger partial charge < -0.3 is 0 Å². The molecule has 8 heteroatoms. The molecule has 0 radical (unpaired) electrons. The van der Waals surface area contributed by atoms with E-state index in [9.17, 15) is 10.1 Å². The topological polar surface area (TPSA) is 43.1 Å². The number of rotatable bonds is 14. The molecule has 0 fully saturated rings. The zero-order valence-corrected chi connectivity index (χ0v) is 19.6. The molecule has 3 nitrogen and oxygen atoms in total. The molecule has 0 aliphatic carbocycles. The van der Waals surface area contributed by atoms with Crippen molar-refractivity contribution in [1.29, 1.82) is 0 Å². The van der Waals surface area contributed by atoms with E-state index in [1.165, 1.54) is 80.7 Å². The van der Waals surface area contributed by atoms with Gasteiger partial charge in [0.25, 0.3) is 5.69 Å². The van der Waals surface area contributed by atoms with Crippen molar-refractivity contribution in [2.75, 3.05) is 5.75 Å². The van der Waals surface area contributed by atoms with Crippen LogP contribution in [0.3, 0.4) is 0 Å². The average Bonchev–Trinajstić information content (AvgIpc) is 2.61. The number of halogens is 3. The van der Waals surface area contributed by atoms with E-state index in [2.05, 4.69) is 6.92 Å². The minimum atomic E-state index is -1.67. The highest BCUT2D eigenvalue weighted by Gasteiger charge is 2.28. The van der Waals surface area contributed by atoms with Gasteiger partial charge in [0, 0.05) is 28.3 Å². The Morgan fingerprint density at radius 1 is 0.963 bits per heavy atom. The van der Waals surface area contributed by atoms with Crippen LogP contribution in [0.4, 0.5) is 5.69 Å². The van der Waals surface area contributed by atoms with Crippen molar-refractivity contribution in [3.63, 3.8) is 0 Å².